The molecule has 1 aromatic heterocycles. The standard InChI is InChI=1S/C19H21FN4O3/c20-17-5-4-13(11-16(17)18(21)25)23-19(26)24-9-6-15(7-10-24)27-12-14-3-1-2-8-22-14/h1-5,8,11,15H,6-7,9-10,12H2,(H2,21,25)(H,23,26). The first-order chi connectivity index (χ1) is 13.0. The number of hydrogen-bond acceptors (Lipinski definition) is 4. The Labute approximate surface area is 156 Å². The fourth-order valence-corrected chi connectivity index (χ4v) is 2.91. The smallest absolute Gasteiger partial charge is 0.321 e. The lowest BCUT2D eigenvalue weighted by molar-refractivity contribution is 0.00399. The first-order valence-electron chi connectivity index (χ1n) is 8.69. The highest BCUT2D eigenvalue weighted by Gasteiger charge is 2.23. The summed E-state index contributed by atoms with van der Waals surface area (Å²) in [7, 11) is 0. The number of aromatic nitrogens is 1. The number of amides is 3. The van der Waals surface area contributed by atoms with Crippen LogP contribution in [0.1, 0.15) is 28.9 Å². The van der Waals surface area contributed by atoms with E-state index in [2.05, 4.69) is 10.3 Å². The third kappa shape index (κ3) is 5.01. The Morgan fingerprint density at radius 3 is 2.70 bits per heavy atom. The number of primary amides is 1. The van der Waals surface area contributed by atoms with Gasteiger partial charge in [-0.15, -0.1) is 0 Å². The molecule has 0 spiro atoms. The van der Waals surface area contributed by atoms with Crippen LogP contribution in [0.4, 0.5) is 14.9 Å². The molecule has 27 heavy (non-hydrogen) atoms. The number of piperidine rings is 1. The van der Waals surface area contributed by atoms with Crippen LogP contribution in [0.25, 0.3) is 0 Å². The van der Waals surface area contributed by atoms with Crippen molar-refractivity contribution in [1.29, 1.82) is 0 Å². The molecule has 0 aliphatic carbocycles. The van der Waals surface area contributed by atoms with Crippen molar-refractivity contribution in [2.24, 2.45) is 5.73 Å². The number of carbonyl (C=O) groups is 2. The van der Waals surface area contributed by atoms with Gasteiger partial charge >= 0.3 is 6.03 Å². The Kier molecular flexibility index (Phi) is 5.97. The number of ether oxygens (including phenoxy) is 1. The van der Waals surface area contributed by atoms with Crippen molar-refractivity contribution in [1.82, 2.24) is 9.88 Å². The number of carbonyl (C=O) groups excluding carboxylic acids is 2. The second kappa shape index (κ2) is 8.59. The van der Waals surface area contributed by atoms with Gasteiger partial charge in [0, 0.05) is 25.0 Å². The van der Waals surface area contributed by atoms with Crippen LogP contribution in [0.3, 0.4) is 0 Å². The number of halogens is 1. The summed E-state index contributed by atoms with van der Waals surface area (Å²) < 4.78 is 19.4. The number of anilines is 1. The van der Waals surface area contributed by atoms with Gasteiger partial charge in [-0.1, -0.05) is 6.07 Å². The van der Waals surface area contributed by atoms with Crippen molar-refractivity contribution >= 4 is 17.6 Å². The van der Waals surface area contributed by atoms with Crippen molar-refractivity contribution in [3.8, 4) is 0 Å². The van der Waals surface area contributed by atoms with E-state index in [1.54, 1.807) is 11.1 Å². The van der Waals surface area contributed by atoms with E-state index in [1.807, 2.05) is 18.2 Å². The first kappa shape index (κ1) is 18.8. The number of nitrogens with zero attached hydrogens (tertiary/aromatic N) is 2. The maximum absolute atomic E-state index is 13.5. The molecule has 7 nitrogen and oxygen atoms in total. The van der Waals surface area contributed by atoms with Crippen molar-refractivity contribution in [3.05, 3.63) is 59.7 Å². The molecule has 2 aromatic rings. The number of rotatable bonds is 5. The highest BCUT2D eigenvalue weighted by atomic mass is 19.1. The lowest BCUT2D eigenvalue weighted by Crippen LogP contribution is -2.43. The predicted octanol–water partition coefficient (Wildman–Crippen LogP) is 2.53. The summed E-state index contributed by atoms with van der Waals surface area (Å²) in [5, 5.41) is 2.67. The number of benzene rings is 1. The molecule has 1 aliphatic heterocycles. The molecule has 2 heterocycles. The number of pyridine rings is 1. The molecule has 3 amide bonds. The third-order valence-electron chi connectivity index (χ3n) is 4.41. The van der Waals surface area contributed by atoms with E-state index >= 15 is 0 Å². The Balaban J connectivity index is 1.48. The van der Waals surface area contributed by atoms with E-state index in [4.69, 9.17) is 10.5 Å². The second-order valence-corrected chi connectivity index (χ2v) is 6.31. The topological polar surface area (TPSA) is 97.5 Å². The molecule has 8 heteroatoms. The van der Waals surface area contributed by atoms with Crippen LogP contribution in [0.15, 0.2) is 42.6 Å². The molecule has 1 fully saturated rings. The van der Waals surface area contributed by atoms with E-state index in [0.29, 0.717) is 25.4 Å². The fourth-order valence-electron chi connectivity index (χ4n) is 2.91. The predicted molar refractivity (Wildman–Crippen MR) is 97.6 cm³/mol. The molecule has 3 rings (SSSR count). The lowest BCUT2D eigenvalue weighted by atomic mass is 10.1. The number of nitrogens with two attached hydrogens (primary N) is 1. The SMILES string of the molecule is NC(=O)c1cc(NC(=O)N2CCC(OCc3ccccn3)CC2)ccc1F. The van der Waals surface area contributed by atoms with Gasteiger partial charge in [-0.3, -0.25) is 9.78 Å². The minimum atomic E-state index is -0.880. The van der Waals surface area contributed by atoms with Crippen molar-refractivity contribution < 1.29 is 18.7 Å². The molecule has 3 N–H and O–H groups in total. The first-order valence-corrected chi connectivity index (χ1v) is 8.69. The molecule has 0 bridgehead atoms. The average Bonchev–Trinajstić information content (AvgIpc) is 2.69. The highest BCUT2D eigenvalue weighted by Crippen LogP contribution is 2.18. The van der Waals surface area contributed by atoms with Crippen LogP contribution in [-0.2, 0) is 11.3 Å². The van der Waals surface area contributed by atoms with Crippen molar-refractivity contribution in [2.45, 2.75) is 25.6 Å². The molecule has 0 saturated carbocycles. The van der Waals surface area contributed by atoms with Gasteiger partial charge in [0.25, 0.3) is 5.91 Å². The Bertz CT molecular complexity index is 808. The van der Waals surface area contributed by atoms with Gasteiger partial charge < -0.3 is 20.7 Å². The van der Waals surface area contributed by atoms with E-state index < -0.39 is 11.7 Å². The number of likely N-dealkylation sites (tertiary alicyclic amines) is 1. The number of urea groups is 1. The fraction of sp³-hybridized carbons (Fsp3) is 0.316. The summed E-state index contributed by atoms with van der Waals surface area (Å²) in [6.45, 7) is 1.54. The van der Waals surface area contributed by atoms with E-state index in [-0.39, 0.29) is 17.7 Å². The summed E-state index contributed by atoms with van der Waals surface area (Å²) in [5.41, 5.74) is 6.06. The van der Waals surface area contributed by atoms with Crippen LogP contribution in [0, 0.1) is 5.82 Å². The largest absolute Gasteiger partial charge is 0.372 e. The van der Waals surface area contributed by atoms with E-state index in [9.17, 15) is 14.0 Å². The van der Waals surface area contributed by atoms with Gasteiger partial charge in [0.2, 0.25) is 0 Å². The van der Waals surface area contributed by atoms with Crippen LogP contribution in [0.5, 0.6) is 0 Å². The molecule has 1 saturated heterocycles. The zero-order valence-electron chi connectivity index (χ0n) is 14.7. The second-order valence-electron chi connectivity index (χ2n) is 6.31. The maximum atomic E-state index is 13.5. The molecular weight excluding hydrogens is 351 g/mol. The van der Waals surface area contributed by atoms with Gasteiger partial charge in [0.15, 0.2) is 0 Å². The summed E-state index contributed by atoms with van der Waals surface area (Å²) in [6.07, 6.45) is 3.24. The van der Waals surface area contributed by atoms with Crippen LogP contribution in [-0.4, -0.2) is 41.0 Å². The summed E-state index contributed by atoms with van der Waals surface area (Å²) in [6, 6.07) is 9.10. The zero-order chi connectivity index (χ0) is 19.2. The number of nitrogens with one attached hydrogen (secondary N) is 1. The summed E-state index contributed by atoms with van der Waals surface area (Å²) >= 11 is 0. The van der Waals surface area contributed by atoms with Gasteiger partial charge in [0.1, 0.15) is 5.82 Å². The van der Waals surface area contributed by atoms with E-state index in [1.165, 1.54) is 12.1 Å². The quantitative estimate of drug-likeness (QED) is 0.843. The average molecular weight is 372 g/mol. The monoisotopic (exact) mass is 372 g/mol. The minimum Gasteiger partial charge on any atom is -0.372 e. The molecule has 0 unspecified atom stereocenters. The van der Waals surface area contributed by atoms with Gasteiger partial charge in [-0.25, -0.2) is 9.18 Å². The zero-order valence-corrected chi connectivity index (χ0v) is 14.7. The van der Waals surface area contributed by atoms with Crippen molar-refractivity contribution in [2.75, 3.05) is 18.4 Å². The third-order valence-corrected chi connectivity index (χ3v) is 4.41. The Morgan fingerprint density at radius 2 is 2.04 bits per heavy atom. The number of hydrogen-bond donors (Lipinski definition) is 2. The minimum absolute atomic E-state index is 0.0725. The Morgan fingerprint density at radius 1 is 1.26 bits per heavy atom. The normalized spacial score (nSPS) is 14.8. The van der Waals surface area contributed by atoms with Gasteiger partial charge in [-0.2, -0.15) is 0 Å². The molecule has 0 radical (unpaired) electrons. The molecule has 0 atom stereocenters. The summed E-state index contributed by atoms with van der Waals surface area (Å²) in [5.74, 6) is -1.60. The van der Waals surface area contributed by atoms with Crippen molar-refractivity contribution in [3.63, 3.8) is 0 Å². The molecule has 1 aromatic carbocycles. The lowest BCUT2D eigenvalue weighted by Gasteiger charge is -2.32. The van der Waals surface area contributed by atoms with Crippen LogP contribution >= 0.6 is 0 Å². The summed E-state index contributed by atoms with van der Waals surface area (Å²) in [4.78, 5) is 29.5. The molecule has 142 valence electrons. The van der Waals surface area contributed by atoms with Gasteiger partial charge in [-0.05, 0) is 43.2 Å². The van der Waals surface area contributed by atoms with Crippen LogP contribution in [0.2, 0.25) is 0 Å². The highest BCUT2D eigenvalue weighted by molar-refractivity contribution is 5.96. The Hall–Kier alpha value is -3.00. The van der Waals surface area contributed by atoms with E-state index in [0.717, 1.165) is 24.6 Å². The van der Waals surface area contributed by atoms with Gasteiger partial charge in [0.05, 0.1) is 24.0 Å². The molecular formula is C19H21FN4O3. The molecule has 1 aliphatic rings. The van der Waals surface area contributed by atoms with Crippen LogP contribution < -0.4 is 11.1 Å². The maximum Gasteiger partial charge on any atom is 0.321 e.